The molecule has 2 bridgehead atoms. The van der Waals surface area contributed by atoms with Crippen molar-refractivity contribution in [3.63, 3.8) is 0 Å². The van der Waals surface area contributed by atoms with Crippen molar-refractivity contribution in [3.8, 4) is 17.6 Å². The minimum absolute atomic E-state index is 0.349. The number of halogens is 1. The van der Waals surface area contributed by atoms with Gasteiger partial charge in [-0.3, -0.25) is 0 Å². The third-order valence-corrected chi connectivity index (χ3v) is 6.39. The van der Waals surface area contributed by atoms with Crippen LogP contribution in [0.5, 0.6) is 17.6 Å². The van der Waals surface area contributed by atoms with Gasteiger partial charge in [-0.1, -0.05) is 17.7 Å². The Bertz CT molecular complexity index is 1060. The van der Waals surface area contributed by atoms with Crippen LogP contribution in [0.15, 0.2) is 42.6 Å². The van der Waals surface area contributed by atoms with Crippen LogP contribution in [0.25, 0.3) is 0 Å². The number of piperidine rings is 1. The van der Waals surface area contributed by atoms with E-state index in [1.165, 1.54) is 12.8 Å². The van der Waals surface area contributed by atoms with Gasteiger partial charge in [0.15, 0.2) is 0 Å². The van der Waals surface area contributed by atoms with Crippen LogP contribution in [0.1, 0.15) is 12.8 Å². The molecular formula is C22H25ClN6O2. The van der Waals surface area contributed by atoms with Crippen LogP contribution >= 0.6 is 11.6 Å². The third-order valence-electron chi connectivity index (χ3n) is 6.15. The Morgan fingerprint density at radius 2 is 1.94 bits per heavy atom. The number of fused-ring (bicyclic) bond motifs is 2. The molecule has 162 valence electrons. The minimum atomic E-state index is 0.349. The number of hydrogen-bond donors (Lipinski definition) is 1. The van der Waals surface area contributed by atoms with Crippen LogP contribution in [0.2, 0.25) is 5.02 Å². The highest BCUT2D eigenvalue weighted by atomic mass is 35.5. The SMILES string of the molecule is COc1cc(N2C[C@H]3CC[C@@H](C2)C3Nc2nc(Oc3cccc(Cl)c3)n(C)n2)ccn1. The molecule has 3 aromatic rings. The molecule has 1 unspecified atom stereocenters. The quantitative estimate of drug-likeness (QED) is 0.620. The Balaban J connectivity index is 1.27. The molecule has 2 aliphatic rings. The molecule has 1 aromatic carbocycles. The standard InChI is InChI=1S/C22H25ClN6O2/c1-28-22(31-18-5-3-4-16(23)10-18)26-21(27-28)25-20-14-6-7-15(20)13-29(12-14)17-8-9-24-19(11-17)30-2/h3-5,8-11,14-15,20H,6-7,12-13H2,1-2H3,(H,25,27)/t14-,15+,20?. The number of nitrogens with zero attached hydrogens (tertiary/aromatic N) is 5. The molecule has 3 heterocycles. The lowest BCUT2D eigenvalue weighted by Crippen LogP contribution is -2.48. The summed E-state index contributed by atoms with van der Waals surface area (Å²) in [6.07, 6.45) is 4.19. The number of ether oxygens (including phenoxy) is 2. The fourth-order valence-electron chi connectivity index (χ4n) is 4.68. The van der Waals surface area contributed by atoms with Crippen LogP contribution in [0, 0.1) is 11.8 Å². The number of anilines is 2. The number of rotatable bonds is 6. The number of nitrogens with one attached hydrogen (secondary N) is 1. The fraction of sp³-hybridized carbons (Fsp3) is 0.409. The first-order chi connectivity index (χ1) is 15.1. The van der Waals surface area contributed by atoms with Gasteiger partial charge in [0.1, 0.15) is 5.75 Å². The normalized spacial score (nSPS) is 22.4. The van der Waals surface area contributed by atoms with E-state index < -0.39 is 0 Å². The maximum absolute atomic E-state index is 6.05. The van der Waals surface area contributed by atoms with E-state index in [4.69, 9.17) is 21.1 Å². The second-order valence-electron chi connectivity index (χ2n) is 8.13. The summed E-state index contributed by atoms with van der Waals surface area (Å²) in [4.78, 5) is 11.2. The Morgan fingerprint density at radius 3 is 2.68 bits per heavy atom. The molecule has 8 nitrogen and oxygen atoms in total. The van der Waals surface area contributed by atoms with Crippen molar-refractivity contribution in [1.82, 2.24) is 19.7 Å². The van der Waals surface area contributed by atoms with Gasteiger partial charge in [-0.25, -0.2) is 9.67 Å². The number of aromatic nitrogens is 4. The zero-order chi connectivity index (χ0) is 21.4. The first kappa shape index (κ1) is 19.9. The number of aryl methyl sites for hydroxylation is 1. The van der Waals surface area contributed by atoms with Crippen LogP contribution in [-0.2, 0) is 7.05 Å². The van der Waals surface area contributed by atoms with Crippen molar-refractivity contribution < 1.29 is 9.47 Å². The second kappa shape index (κ2) is 8.26. The van der Waals surface area contributed by atoms with Crippen LogP contribution in [0.3, 0.4) is 0 Å². The molecule has 31 heavy (non-hydrogen) atoms. The largest absolute Gasteiger partial charge is 0.481 e. The summed E-state index contributed by atoms with van der Waals surface area (Å²) in [7, 11) is 3.47. The van der Waals surface area contributed by atoms with E-state index in [0.717, 1.165) is 18.8 Å². The maximum Gasteiger partial charge on any atom is 0.321 e. The van der Waals surface area contributed by atoms with Gasteiger partial charge in [0.25, 0.3) is 0 Å². The van der Waals surface area contributed by atoms with Crippen molar-refractivity contribution in [3.05, 3.63) is 47.6 Å². The fourth-order valence-corrected chi connectivity index (χ4v) is 4.86. The molecule has 0 radical (unpaired) electrons. The summed E-state index contributed by atoms with van der Waals surface area (Å²) in [5.74, 6) is 2.93. The molecule has 3 atom stereocenters. The highest BCUT2D eigenvalue weighted by Crippen LogP contribution is 2.40. The van der Waals surface area contributed by atoms with Crippen molar-refractivity contribution in [2.24, 2.45) is 18.9 Å². The Morgan fingerprint density at radius 1 is 1.13 bits per heavy atom. The van der Waals surface area contributed by atoms with Crippen molar-refractivity contribution in [1.29, 1.82) is 0 Å². The van der Waals surface area contributed by atoms with Crippen molar-refractivity contribution in [2.45, 2.75) is 18.9 Å². The summed E-state index contributed by atoms with van der Waals surface area (Å²) in [6, 6.07) is 12.1. The van der Waals surface area contributed by atoms with Gasteiger partial charge < -0.3 is 19.7 Å². The smallest absolute Gasteiger partial charge is 0.321 e. The van der Waals surface area contributed by atoms with Gasteiger partial charge in [-0.05, 0) is 48.9 Å². The maximum atomic E-state index is 6.05. The highest BCUT2D eigenvalue weighted by molar-refractivity contribution is 6.30. The lowest BCUT2D eigenvalue weighted by Gasteiger charge is -2.39. The van der Waals surface area contributed by atoms with E-state index in [-0.39, 0.29) is 0 Å². The van der Waals surface area contributed by atoms with Crippen molar-refractivity contribution in [2.75, 3.05) is 30.4 Å². The molecule has 0 amide bonds. The summed E-state index contributed by atoms with van der Waals surface area (Å²) >= 11 is 6.05. The summed E-state index contributed by atoms with van der Waals surface area (Å²) in [6.45, 7) is 1.97. The molecule has 5 rings (SSSR count). The second-order valence-corrected chi connectivity index (χ2v) is 8.57. The predicted octanol–water partition coefficient (Wildman–Crippen LogP) is 3.99. The molecule has 2 aromatic heterocycles. The van der Waals surface area contributed by atoms with Crippen molar-refractivity contribution >= 4 is 23.2 Å². The van der Waals surface area contributed by atoms with Gasteiger partial charge >= 0.3 is 6.01 Å². The van der Waals surface area contributed by atoms with Crippen LogP contribution in [0.4, 0.5) is 11.6 Å². The Hall–Kier alpha value is -3.00. The van der Waals surface area contributed by atoms with Gasteiger partial charge in [0, 0.05) is 49.2 Å². The molecule has 1 aliphatic carbocycles. The lowest BCUT2D eigenvalue weighted by atomic mass is 9.92. The summed E-state index contributed by atoms with van der Waals surface area (Å²) in [5, 5.41) is 8.72. The molecule has 1 aliphatic heterocycles. The van der Waals surface area contributed by atoms with E-state index in [0.29, 0.717) is 46.5 Å². The van der Waals surface area contributed by atoms with E-state index >= 15 is 0 Å². The molecule has 1 saturated heterocycles. The average molecular weight is 441 g/mol. The van der Waals surface area contributed by atoms with E-state index in [9.17, 15) is 0 Å². The molecule has 1 N–H and O–H groups in total. The Kier molecular flexibility index (Phi) is 5.31. The number of benzene rings is 1. The van der Waals surface area contributed by atoms with E-state index in [2.05, 4.69) is 31.3 Å². The van der Waals surface area contributed by atoms with Crippen LogP contribution < -0.4 is 19.7 Å². The van der Waals surface area contributed by atoms with E-state index in [1.807, 2.05) is 31.3 Å². The van der Waals surface area contributed by atoms with Gasteiger partial charge in [0.2, 0.25) is 11.8 Å². The third kappa shape index (κ3) is 4.12. The zero-order valence-corrected chi connectivity index (χ0v) is 18.3. The molecular weight excluding hydrogens is 416 g/mol. The minimum Gasteiger partial charge on any atom is -0.481 e. The van der Waals surface area contributed by atoms with E-state index in [1.54, 1.807) is 24.1 Å². The number of hydrogen-bond acceptors (Lipinski definition) is 7. The van der Waals surface area contributed by atoms with Crippen LogP contribution in [-0.4, -0.2) is 46.0 Å². The highest BCUT2D eigenvalue weighted by Gasteiger charge is 2.42. The molecule has 1 saturated carbocycles. The Labute approximate surface area is 186 Å². The molecule has 0 spiro atoms. The topological polar surface area (TPSA) is 77.3 Å². The van der Waals surface area contributed by atoms with Gasteiger partial charge in [0.05, 0.1) is 7.11 Å². The summed E-state index contributed by atoms with van der Waals surface area (Å²) < 4.78 is 12.8. The monoisotopic (exact) mass is 440 g/mol. The first-order valence-electron chi connectivity index (χ1n) is 10.4. The average Bonchev–Trinajstić information content (AvgIpc) is 3.21. The lowest BCUT2D eigenvalue weighted by molar-refractivity contribution is 0.374. The zero-order valence-electron chi connectivity index (χ0n) is 17.5. The first-order valence-corrected chi connectivity index (χ1v) is 10.8. The van der Waals surface area contributed by atoms with Gasteiger partial charge in [-0.15, -0.1) is 5.10 Å². The molecule has 2 fully saturated rings. The van der Waals surface area contributed by atoms with Gasteiger partial charge in [-0.2, -0.15) is 4.98 Å². The number of pyridine rings is 1. The molecule has 9 heteroatoms. The summed E-state index contributed by atoms with van der Waals surface area (Å²) in [5.41, 5.74) is 1.16. The number of methoxy groups -OCH3 is 1. The predicted molar refractivity (Wildman–Crippen MR) is 119 cm³/mol.